The van der Waals surface area contributed by atoms with E-state index in [1.54, 1.807) is 6.92 Å². The summed E-state index contributed by atoms with van der Waals surface area (Å²) in [4.78, 5) is 13.5. The third kappa shape index (κ3) is 1.72. The van der Waals surface area contributed by atoms with Crippen molar-refractivity contribution in [2.45, 2.75) is 46.1 Å². The summed E-state index contributed by atoms with van der Waals surface area (Å²) in [7, 11) is 0. The van der Waals surface area contributed by atoms with E-state index in [0.717, 1.165) is 42.8 Å². The largest absolute Gasteiger partial charge is 0.361 e. The van der Waals surface area contributed by atoms with Crippen LogP contribution in [0.3, 0.4) is 0 Å². The predicted molar refractivity (Wildman–Crippen MR) is 60.0 cm³/mol. The highest BCUT2D eigenvalue weighted by atomic mass is 16.5. The summed E-state index contributed by atoms with van der Waals surface area (Å²) in [5, 5.41) is 4.01. The van der Waals surface area contributed by atoms with Crippen molar-refractivity contribution in [1.29, 1.82) is 0 Å². The van der Waals surface area contributed by atoms with E-state index in [4.69, 9.17) is 4.52 Å². The molecule has 1 amide bonds. The fraction of sp³-hybridized carbons (Fsp3) is 0.667. The monoisotopic (exact) mass is 222 g/mol. The molecule has 4 heteroatoms. The van der Waals surface area contributed by atoms with Crippen molar-refractivity contribution >= 4 is 5.91 Å². The number of carbonyl (C=O) groups is 1. The van der Waals surface area contributed by atoms with Gasteiger partial charge in [-0.05, 0) is 19.8 Å². The summed E-state index contributed by atoms with van der Waals surface area (Å²) in [6.45, 7) is 6.49. The second kappa shape index (κ2) is 4.28. The van der Waals surface area contributed by atoms with Crippen molar-refractivity contribution in [1.82, 2.24) is 10.1 Å². The standard InChI is InChI=1S/C12H18N2O2/c1-4-11-12(8(2)13-16-11)10-6-5-7-14(10)9(3)15/h10H,4-7H2,1-3H3. The van der Waals surface area contributed by atoms with Gasteiger partial charge in [-0.2, -0.15) is 0 Å². The van der Waals surface area contributed by atoms with E-state index in [-0.39, 0.29) is 11.9 Å². The Morgan fingerprint density at radius 2 is 2.38 bits per heavy atom. The molecule has 0 N–H and O–H groups in total. The van der Waals surface area contributed by atoms with Gasteiger partial charge < -0.3 is 9.42 Å². The molecule has 2 rings (SSSR count). The molecule has 0 bridgehead atoms. The van der Waals surface area contributed by atoms with Crippen molar-refractivity contribution in [2.75, 3.05) is 6.54 Å². The maximum absolute atomic E-state index is 11.5. The number of hydrogen-bond donors (Lipinski definition) is 0. The number of hydrogen-bond acceptors (Lipinski definition) is 3. The molecule has 0 radical (unpaired) electrons. The zero-order valence-corrected chi connectivity index (χ0v) is 10.1. The summed E-state index contributed by atoms with van der Waals surface area (Å²) < 4.78 is 5.30. The smallest absolute Gasteiger partial charge is 0.219 e. The number of aromatic nitrogens is 1. The summed E-state index contributed by atoms with van der Waals surface area (Å²) in [6, 6.07) is 0.179. The lowest BCUT2D eigenvalue weighted by molar-refractivity contribution is -0.129. The van der Waals surface area contributed by atoms with Crippen LogP contribution in [-0.4, -0.2) is 22.5 Å². The quantitative estimate of drug-likeness (QED) is 0.770. The molecule has 1 fully saturated rings. The van der Waals surface area contributed by atoms with Crippen LogP contribution in [0.4, 0.5) is 0 Å². The van der Waals surface area contributed by atoms with Gasteiger partial charge in [0.25, 0.3) is 0 Å². The van der Waals surface area contributed by atoms with Gasteiger partial charge in [-0.25, -0.2) is 0 Å². The van der Waals surface area contributed by atoms with Gasteiger partial charge in [-0.15, -0.1) is 0 Å². The van der Waals surface area contributed by atoms with Crippen LogP contribution >= 0.6 is 0 Å². The van der Waals surface area contributed by atoms with Gasteiger partial charge in [0.2, 0.25) is 5.91 Å². The zero-order valence-electron chi connectivity index (χ0n) is 10.1. The molecule has 4 nitrogen and oxygen atoms in total. The molecule has 1 unspecified atom stereocenters. The lowest BCUT2D eigenvalue weighted by Gasteiger charge is -2.23. The fourth-order valence-corrected chi connectivity index (χ4v) is 2.55. The summed E-state index contributed by atoms with van der Waals surface area (Å²) in [5.41, 5.74) is 2.06. The van der Waals surface area contributed by atoms with Crippen LogP contribution < -0.4 is 0 Å². The van der Waals surface area contributed by atoms with Crippen LogP contribution in [0.25, 0.3) is 0 Å². The molecular formula is C12H18N2O2. The first-order valence-corrected chi connectivity index (χ1v) is 5.87. The predicted octanol–water partition coefficient (Wildman–Crippen LogP) is 2.23. The van der Waals surface area contributed by atoms with Gasteiger partial charge in [-0.1, -0.05) is 12.1 Å². The highest BCUT2D eigenvalue weighted by Crippen LogP contribution is 2.35. The van der Waals surface area contributed by atoms with Crippen molar-refractivity contribution in [3.63, 3.8) is 0 Å². The normalized spacial score (nSPS) is 20.4. The van der Waals surface area contributed by atoms with Gasteiger partial charge in [0.1, 0.15) is 5.76 Å². The SMILES string of the molecule is CCc1onc(C)c1C1CCCN1C(C)=O. The van der Waals surface area contributed by atoms with E-state index >= 15 is 0 Å². The third-order valence-electron chi connectivity index (χ3n) is 3.29. The number of rotatable bonds is 2. The summed E-state index contributed by atoms with van der Waals surface area (Å²) in [5.74, 6) is 1.07. The van der Waals surface area contributed by atoms with Gasteiger partial charge in [0, 0.05) is 25.5 Å². The van der Waals surface area contributed by atoms with Crippen LogP contribution in [0.15, 0.2) is 4.52 Å². The van der Waals surface area contributed by atoms with Crippen LogP contribution in [0.5, 0.6) is 0 Å². The number of carbonyl (C=O) groups excluding carboxylic acids is 1. The van der Waals surface area contributed by atoms with Crippen LogP contribution in [0.2, 0.25) is 0 Å². The Hall–Kier alpha value is -1.32. The Morgan fingerprint density at radius 3 is 3.00 bits per heavy atom. The van der Waals surface area contributed by atoms with Crippen molar-refractivity contribution in [3.05, 3.63) is 17.0 Å². The van der Waals surface area contributed by atoms with Gasteiger partial charge in [-0.3, -0.25) is 4.79 Å². The second-order valence-electron chi connectivity index (χ2n) is 4.33. The van der Waals surface area contributed by atoms with Crippen LogP contribution in [0, 0.1) is 6.92 Å². The van der Waals surface area contributed by atoms with E-state index in [0.29, 0.717) is 0 Å². The van der Waals surface area contributed by atoms with Gasteiger partial charge in [0.15, 0.2) is 0 Å². The molecule has 0 saturated carbocycles. The van der Waals surface area contributed by atoms with E-state index in [9.17, 15) is 4.79 Å². The van der Waals surface area contributed by atoms with E-state index in [2.05, 4.69) is 12.1 Å². The van der Waals surface area contributed by atoms with E-state index in [1.165, 1.54) is 0 Å². The molecule has 16 heavy (non-hydrogen) atoms. The average Bonchev–Trinajstić information content (AvgIpc) is 2.82. The van der Waals surface area contributed by atoms with Crippen molar-refractivity contribution < 1.29 is 9.32 Å². The molecule has 1 aliphatic rings. The van der Waals surface area contributed by atoms with Gasteiger partial charge in [0.05, 0.1) is 11.7 Å². The topological polar surface area (TPSA) is 46.3 Å². The van der Waals surface area contributed by atoms with Crippen molar-refractivity contribution in [2.24, 2.45) is 0 Å². The third-order valence-corrected chi connectivity index (χ3v) is 3.29. The number of amides is 1. The summed E-state index contributed by atoms with van der Waals surface area (Å²) >= 11 is 0. The van der Waals surface area contributed by atoms with E-state index in [1.807, 2.05) is 11.8 Å². The Balaban J connectivity index is 2.35. The first kappa shape index (κ1) is 11.2. The first-order chi connectivity index (χ1) is 7.65. The molecule has 0 spiro atoms. The zero-order chi connectivity index (χ0) is 11.7. The molecule has 1 atom stereocenters. The molecule has 0 aromatic carbocycles. The number of aryl methyl sites for hydroxylation is 2. The molecular weight excluding hydrogens is 204 g/mol. The average molecular weight is 222 g/mol. The highest BCUT2D eigenvalue weighted by molar-refractivity contribution is 5.74. The lowest BCUT2D eigenvalue weighted by atomic mass is 10.0. The maximum atomic E-state index is 11.5. The Morgan fingerprint density at radius 1 is 1.62 bits per heavy atom. The van der Waals surface area contributed by atoms with E-state index < -0.39 is 0 Å². The molecule has 0 aliphatic carbocycles. The molecule has 88 valence electrons. The van der Waals surface area contributed by atoms with Gasteiger partial charge >= 0.3 is 0 Å². The first-order valence-electron chi connectivity index (χ1n) is 5.87. The van der Waals surface area contributed by atoms with Crippen molar-refractivity contribution in [3.8, 4) is 0 Å². The fourth-order valence-electron chi connectivity index (χ4n) is 2.55. The minimum atomic E-state index is 0.144. The Kier molecular flexibility index (Phi) is 2.99. The molecule has 1 aromatic rings. The van der Waals surface area contributed by atoms with Crippen LogP contribution in [-0.2, 0) is 11.2 Å². The number of nitrogens with zero attached hydrogens (tertiary/aromatic N) is 2. The minimum Gasteiger partial charge on any atom is -0.361 e. The molecule has 2 heterocycles. The Bertz CT molecular complexity index is 398. The summed E-state index contributed by atoms with van der Waals surface area (Å²) in [6.07, 6.45) is 2.92. The lowest BCUT2D eigenvalue weighted by Crippen LogP contribution is -2.28. The Labute approximate surface area is 95.6 Å². The highest BCUT2D eigenvalue weighted by Gasteiger charge is 2.32. The minimum absolute atomic E-state index is 0.144. The second-order valence-corrected chi connectivity index (χ2v) is 4.33. The molecule has 1 aromatic heterocycles. The van der Waals surface area contributed by atoms with Crippen LogP contribution in [0.1, 0.15) is 49.7 Å². The molecule has 1 saturated heterocycles. The molecule has 1 aliphatic heterocycles. The number of likely N-dealkylation sites (tertiary alicyclic amines) is 1. The maximum Gasteiger partial charge on any atom is 0.219 e.